The number of rotatable bonds is 9. The quantitative estimate of drug-likeness (QED) is 0.610. The zero-order valence-electron chi connectivity index (χ0n) is 11.4. The summed E-state index contributed by atoms with van der Waals surface area (Å²) >= 11 is 0. The molecule has 97 valence electrons. The Bertz CT molecular complexity index is 139. The molecular weight excluding hydrogens is 204 g/mol. The highest BCUT2D eigenvalue weighted by molar-refractivity contribution is 4.56. The van der Waals surface area contributed by atoms with Gasteiger partial charge < -0.3 is 14.2 Å². The normalized spacial score (nSPS) is 15.8. The van der Waals surface area contributed by atoms with E-state index >= 15 is 0 Å². The van der Waals surface area contributed by atoms with Crippen LogP contribution < -0.4 is 0 Å². The van der Waals surface area contributed by atoms with Crippen molar-refractivity contribution in [2.45, 2.75) is 52.9 Å². The first-order valence-electron chi connectivity index (χ1n) is 6.09. The van der Waals surface area contributed by atoms with Crippen LogP contribution in [0.1, 0.15) is 34.6 Å². The van der Waals surface area contributed by atoms with E-state index in [1.807, 2.05) is 20.8 Å². The van der Waals surface area contributed by atoms with Crippen LogP contribution in [0.3, 0.4) is 0 Å². The zero-order valence-corrected chi connectivity index (χ0v) is 11.4. The third kappa shape index (κ3) is 10.4. The molecule has 0 heterocycles. The Balaban J connectivity index is 3.47. The molecule has 3 nitrogen and oxygen atoms in total. The second kappa shape index (κ2) is 8.97. The summed E-state index contributed by atoms with van der Waals surface area (Å²) in [6.45, 7) is 16.0. The van der Waals surface area contributed by atoms with E-state index in [1.54, 1.807) is 0 Å². The van der Waals surface area contributed by atoms with Crippen molar-refractivity contribution in [3.8, 4) is 0 Å². The predicted molar refractivity (Wildman–Crippen MR) is 66.4 cm³/mol. The topological polar surface area (TPSA) is 27.7 Å². The van der Waals surface area contributed by atoms with E-state index in [1.165, 1.54) is 0 Å². The molecule has 0 aromatic carbocycles. The summed E-state index contributed by atoms with van der Waals surface area (Å²) in [5, 5.41) is 0. The first-order chi connectivity index (χ1) is 7.41. The molecule has 0 fully saturated rings. The monoisotopic (exact) mass is 231 g/mol. The standard InChI is InChI=1S/C13H27O3/c1-10(2)7-15-13(6)9-16-12(5)8-14-11(3)4/h10-13H,3,7-9H2,1-2,4-6H3. The van der Waals surface area contributed by atoms with Crippen molar-refractivity contribution in [2.75, 3.05) is 19.8 Å². The summed E-state index contributed by atoms with van der Waals surface area (Å²) in [5.41, 5.74) is 0. The van der Waals surface area contributed by atoms with Crippen LogP contribution in [-0.4, -0.2) is 38.1 Å². The molecule has 0 N–H and O–H groups in total. The maximum absolute atomic E-state index is 5.61. The van der Waals surface area contributed by atoms with E-state index in [-0.39, 0.29) is 18.3 Å². The molecule has 0 aliphatic rings. The molecular formula is C13H27O3. The van der Waals surface area contributed by atoms with Gasteiger partial charge in [-0.3, -0.25) is 0 Å². The Labute approximate surface area is 100 Å². The molecule has 0 bridgehead atoms. The van der Waals surface area contributed by atoms with E-state index in [4.69, 9.17) is 14.2 Å². The molecule has 1 radical (unpaired) electrons. The second-order valence-corrected chi connectivity index (χ2v) is 4.83. The van der Waals surface area contributed by atoms with Crippen molar-refractivity contribution in [2.24, 2.45) is 5.92 Å². The Hall–Kier alpha value is -0.120. The minimum atomic E-state index is 0.0145. The van der Waals surface area contributed by atoms with Crippen LogP contribution >= 0.6 is 0 Å². The van der Waals surface area contributed by atoms with Crippen LogP contribution in [0.5, 0.6) is 0 Å². The van der Waals surface area contributed by atoms with Crippen molar-refractivity contribution in [1.82, 2.24) is 0 Å². The van der Waals surface area contributed by atoms with Crippen molar-refractivity contribution < 1.29 is 14.2 Å². The van der Waals surface area contributed by atoms with Gasteiger partial charge in [-0.1, -0.05) is 13.8 Å². The lowest BCUT2D eigenvalue weighted by molar-refractivity contribution is -0.0664. The molecule has 3 unspecified atom stereocenters. The van der Waals surface area contributed by atoms with E-state index in [0.717, 1.165) is 6.61 Å². The number of ether oxygens (including phenoxy) is 3. The van der Waals surface area contributed by atoms with Crippen molar-refractivity contribution in [3.05, 3.63) is 6.92 Å². The van der Waals surface area contributed by atoms with Crippen LogP contribution in [0.25, 0.3) is 0 Å². The summed E-state index contributed by atoms with van der Waals surface area (Å²) in [4.78, 5) is 0. The Morgan fingerprint density at radius 1 is 0.750 bits per heavy atom. The lowest BCUT2D eigenvalue weighted by Crippen LogP contribution is -2.25. The molecule has 0 aromatic rings. The van der Waals surface area contributed by atoms with Gasteiger partial charge in [0.25, 0.3) is 0 Å². The van der Waals surface area contributed by atoms with Crippen LogP contribution in [-0.2, 0) is 14.2 Å². The molecule has 0 aliphatic heterocycles. The molecule has 0 amide bonds. The lowest BCUT2D eigenvalue weighted by Gasteiger charge is -2.19. The summed E-state index contributed by atoms with van der Waals surface area (Å²) in [5.74, 6) is 0.565. The van der Waals surface area contributed by atoms with Crippen LogP contribution in [0.15, 0.2) is 0 Å². The van der Waals surface area contributed by atoms with E-state index in [0.29, 0.717) is 19.1 Å². The number of hydrogen-bond donors (Lipinski definition) is 0. The highest BCUT2D eigenvalue weighted by atomic mass is 16.6. The van der Waals surface area contributed by atoms with E-state index < -0.39 is 0 Å². The zero-order chi connectivity index (χ0) is 12.6. The van der Waals surface area contributed by atoms with Crippen molar-refractivity contribution in [1.29, 1.82) is 0 Å². The fourth-order valence-electron chi connectivity index (χ4n) is 1.05. The highest BCUT2D eigenvalue weighted by Gasteiger charge is 2.08. The van der Waals surface area contributed by atoms with Gasteiger partial charge in [-0.05, 0) is 33.6 Å². The maximum Gasteiger partial charge on any atom is 0.0781 e. The van der Waals surface area contributed by atoms with Gasteiger partial charge in [-0.2, -0.15) is 0 Å². The minimum Gasteiger partial charge on any atom is -0.376 e. The molecule has 0 rings (SSSR count). The maximum atomic E-state index is 5.61. The van der Waals surface area contributed by atoms with Gasteiger partial charge in [0.05, 0.1) is 31.5 Å². The largest absolute Gasteiger partial charge is 0.376 e. The molecule has 3 atom stereocenters. The smallest absolute Gasteiger partial charge is 0.0781 e. The predicted octanol–water partition coefficient (Wildman–Crippen LogP) is 2.69. The molecule has 3 heteroatoms. The second-order valence-electron chi connectivity index (χ2n) is 4.83. The minimum absolute atomic E-state index is 0.0145. The third-order valence-electron chi connectivity index (χ3n) is 1.94. The third-order valence-corrected chi connectivity index (χ3v) is 1.94. The van der Waals surface area contributed by atoms with Crippen LogP contribution in [0.4, 0.5) is 0 Å². The molecule has 0 saturated carbocycles. The average molecular weight is 231 g/mol. The molecule has 0 saturated heterocycles. The SMILES string of the molecule is [CH2]C(C)OCC(C)OCC(C)OCC(C)C. The van der Waals surface area contributed by atoms with Gasteiger partial charge in [0, 0.05) is 6.61 Å². The van der Waals surface area contributed by atoms with Gasteiger partial charge in [0.2, 0.25) is 0 Å². The Kier molecular flexibility index (Phi) is 8.90. The van der Waals surface area contributed by atoms with Gasteiger partial charge in [-0.15, -0.1) is 0 Å². The molecule has 0 aliphatic carbocycles. The van der Waals surface area contributed by atoms with Gasteiger partial charge >= 0.3 is 0 Å². The summed E-state index contributed by atoms with van der Waals surface area (Å²) in [7, 11) is 0. The van der Waals surface area contributed by atoms with Gasteiger partial charge in [0.15, 0.2) is 0 Å². The van der Waals surface area contributed by atoms with E-state index in [2.05, 4.69) is 20.8 Å². The van der Waals surface area contributed by atoms with Gasteiger partial charge in [-0.25, -0.2) is 0 Å². The lowest BCUT2D eigenvalue weighted by atomic mass is 10.2. The summed E-state index contributed by atoms with van der Waals surface area (Å²) < 4.78 is 16.6. The summed E-state index contributed by atoms with van der Waals surface area (Å²) in [6, 6.07) is 0. The fraction of sp³-hybridized carbons (Fsp3) is 0.923. The molecule has 0 aromatic heterocycles. The highest BCUT2D eigenvalue weighted by Crippen LogP contribution is 2.01. The fourth-order valence-corrected chi connectivity index (χ4v) is 1.05. The Morgan fingerprint density at radius 2 is 1.19 bits per heavy atom. The van der Waals surface area contributed by atoms with Gasteiger partial charge in [0.1, 0.15) is 0 Å². The molecule has 16 heavy (non-hydrogen) atoms. The molecule has 0 spiro atoms. The van der Waals surface area contributed by atoms with Crippen LogP contribution in [0.2, 0.25) is 0 Å². The van der Waals surface area contributed by atoms with Crippen molar-refractivity contribution in [3.63, 3.8) is 0 Å². The van der Waals surface area contributed by atoms with Crippen LogP contribution in [0, 0.1) is 12.8 Å². The first kappa shape index (κ1) is 15.9. The van der Waals surface area contributed by atoms with Crippen molar-refractivity contribution >= 4 is 0 Å². The van der Waals surface area contributed by atoms with E-state index in [9.17, 15) is 0 Å². The average Bonchev–Trinajstić information content (AvgIpc) is 2.20. The summed E-state index contributed by atoms with van der Waals surface area (Å²) in [6.07, 6.45) is 0.247. The Morgan fingerprint density at radius 3 is 1.62 bits per heavy atom. The first-order valence-corrected chi connectivity index (χ1v) is 6.09. The number of hydrogen-bond acceptors (Lipinski definition) is 3.